The van der Waals surface area contributed by atoms with Crippen LogP contribution in [-0.2, 0) is 6.54 Å². The van der Waals surface area contributed by atoms with Crippen LogP contribution in [0.3, 0.4) is 0 Å². The van der Waals surface area contributed by atoms with Crippen LogP contribution >= 0.6 is 11.6 Å². The summed E-state index contributed by atoms with van der Waals surface area (Å²) >= 11 is 5.78. The average Bonchev–Trinajstić information content (AvgIpc) is 2.07. The second-order valence-corrected chi connectivity index (χ2v) is 4.11. The fourth-order valence-corrected chi connectivity index (χ4v) is 1.54. The molecule has 0 spiro atoms. The van der Waals surface area contributed by atoms with Gasteiger partial charge in [-0.1, -0.05) is 23.7 Å². The third-order valence-corrected chi connectivity index (χ3v) is 2.19. The SMILES string of the molecule is C[C@H](O)CN(C)Cc1ccc(Cl)cc1. The highest BCUT2D eigenvalue weighted by Gasteiger charge is 2.03. The van der Waals surface area contributed by atoms with E-state index in [1.54, 1.807) is 6.92 Å². The Morgan fingerprint density at radius 2 is 1.93 bits per heavy atom. The van der Waals surface area contributed by atoms with Gasteiger partial charge in [-0.05, 0) is 31.7 Å². The van der Waals surface area contributed by atoms with E-state index in [0.717, 1.165) is 11.6 Å². The van der Waals surface area contributed by atoms with Gasteiger partial charge in [0.1, 0.15) is 0 Å². The molecule has 2 nitrogen and oxygen atoms in total. The molecule has 0 aliphatic carbocycles. The molecule has 0 unspecified atom stereocenters. The summed E-state index contributed by atoms with van der Waals surface area (Å²) in [5, 5.41) is 9.94. The molecule has 1 aromatic rings. The van der Waals surface area contributed by atoms with Gasteiger partial charge in [0.15, 0.2) is 0 Å². The normalized spacial score (nSPS) is 13.2. The average molecular weight is 214 g/mol. The fourth-order valence-electron chi connectivity index (χ4n) is 1.42. The van der Waals surface area contributed by atoms with Gasteiger partial charge in [-0.25, -0.2) is 0 Å². The molecule has 0 saturated heterocycles. The van der Waals surface area contributed by atoms with E-state index in [9.17, 15) is 5.11 Å². The zero-order valence-electron chi connectivity index (χ0n) is 8.57. The second-order valence-electron chi connectivity index (χ2n) is 3.67. The molecule has 0 saturated carbocycles. The quantitative estimate of drug-likeness (QED) is 0.829. The van der Waals surface area contributed by atoms with Crippen molar-refractivity contribution in [2.45, 2.75) is 19.6 Å². The lowest BCUT2D eigenvalue weighted by molar-refractivity contribution is 0.138. The number of rotatable bonds is 4. The van der Waals surface area contributed by atoms with Gasteiger partial charge in [-0.2, -0.15) is 0 Å². The molecule has 0 aliphatic rings. The Morgan fingerprint density at radius 1 is 1.36 bits per heavy atom. The summed E-state index contributed by atoms with van der Waals surface area (Å²) < 4.78 is 0. The first kappa shape index (κ1) is 11.5. The Hall–Kier alpha value is -0.570. The van der Waals surface area contributed by atoms with E-state index < -0.39 is 0 Å². The highest BCUT2D eigenvalue weighted by Crippen LogP contribution is 2.10. The topological polar surface area (TPSA) is 23.5 Å². The molecule has 0 fully saturated rings. The van der Waals surface area contributed by atoms with E-state index in [0.29, 0.717) is 6.54 Å². The summed E-state index contributed by atoms with van der Waals surface area (Å²) in [6.07, 6.45) is -0.285. The van der Waals surface area contributed by atoms with Crippen molar-refractivity contribution >= 4 is 11.6 Å². The molecule has 78 valence electrons. The van der Waals surface area contributed by atoms with Crippen molar-refractivity contribution in [1.82, 2.24) is 4.90 Å². The van der Waals surface area contributed by atoms with Crippen LogP contribution in [0.1, 0.15) is 12.5 Å². The van der Waals surface area contributed by atoms with Crippen LogP contribution in [0.4, 0.5) is 0 Å². The van der Waals surface area contributed by atoms with Crippen molar-refractivity contribution in [2.24, 2.45) is 0 Å². The van der Waals surface area contributed by atoms with E-state index in [2.05, 4.69) is 4.90 Å². The van der Waals surface area contributed by atoms with Crippen LogP contribution in [-0.4, -0.2) is 29.7 Å². The zero-order valence-corrected chi connectivity index (χ0v) is 9.33. The van der Waals surface area contributed by atoms with Crippen LogP contribution in [0.5, 0.6) is 0 Å². The molecule has 0 amide bonds. The second kappa shape index (κ2) is 5.35. The molecule has 1 aromatic carbocycles. The minimum absolute atomic E-state index is 0.285. The maximum atomic E-state index is 9.18. The maximum Gasteiger partial charge on any atom is 0.0639 e. The van der Waals surface area contributed by atoms with Crippen molar-refractivity contribution in [3.8, 4) is 0 Å². The number of halogens is 1. The lowest BCUT2D eigenvalue weighted by atomic mass is 10.2. The number of aliphatic hydroxyl groups excluding tert-OH is 1. The van der Waals surface area contributed by atoms with E-state index >= 15 is 0 Å². The molecule has 0 heterocycles. The number of hydrogen-bond acceptors (Lipinski definition) is 2. The van der Waals surface area contributed by atoms with Gasteiger partial charge in [0.05, 0.1) is 6.10 Å². The predicted molar refractivity (Wildman–Crippen MR) is 59.5 cm³/mol. The molecule has 1 rings (SSSR count). The van der Waals surface area contributed by atoms with E-state index in [-0.39, 0.29) is 6.10 Å². The first-order chi connectivity index (χ1) is 6.58. The van der Waals surface area contributed by atoms with Crippen LogP contribution in [0.2, 0.25) is 5.02 Å². The summed E-state index contributed by atoms with van der Waals surface area (Å²) in [4.78, 5) is 2.08. The van der Waals surface area contributed by atoms with Gasteiger partial charge < -0.3 is 5.11 Å². The molecule has 14 heavy (non-hydrogen) atoms. The third-order valence-electron chi connectivity index (χ3n) is 1.94. The Bertz CT molecular complexity index is 271. The van der Waals surface area contributed by atoms with Gasteiger partial charge in [-0.3, -0.25) is 4.90 Å². The maximum absolute atomic E-state index is 9.18. The third kappa shape index (κ3) is 4.09. The van der Waals surface area contributed by atoms with Crippen LogP contribution in [0.15, 0.2) is 24.3 Å². The monoisotopic (exact) mass is 213 g/mol. The summed E-state index contributed by atoms with van der Waals surface area (Å²) in [5.74, 6) is 0. The van der Waals surface area contributed by atoms with Gasteiger partial charge in [0.2, 0.25) is 0 Å². The summed E-state index contributed by atoms with van der Waals surface area (Å²) in [7, 11) is 1.99. The first-order valence-corrected chi connectivity index (χ1v) is 5.07. The zero-order chi connectivity index (χ0) is 10.6. The Kier molecular flexibility index (Phi) is 4.39. The van der Waals surface area contributed by atoms with Gasteiger partial charge >= 0.3 is 0 Å². The van der Waals surface area contributed by atoms with Gasteiger partial charge in [0, 0.05) is 18.1 Å². The molecular formula is C11H16ClNO. The minimum atomic E-state index is -0.285. The van der Waals surface area contributed by atoms with Crippen LogP contribution in [0.25, 0.3) is 0 Å². The van der Waals surface area contributed by atoms with Crippen molar-refractivity contribution in [3.63, 3.8) is 0 Å². The number of nitrogens with zero attached hydrogens (tertiary/aromatic N) is 1. The standard InChI is InChI=1S/C11H16ClNO/c1-9(14)7-13(2)8-10-3-5-11(12)6-4-10/h3-6,9,14H,7-8H2,1-2H3/t9-/m0/s1. The molecule has 1 atom stereocenters. The number of aliphatic hydroxyl groups is 1. The smallest absolute Gasteiger partial charge is 0.0639 e. The lowest BCUT2D eigenvalue weighted by Gasteiger charge is -2.18. The Labute approximate surface area is 90.1 Å². The van der Waals surface area contributed by atoms with Crippen molar-refractivity contribution in [1.29, 1.82) is 0 Å². The number of benzene rings is 1. The fraction of sp³-hybridized carbons (Fsp3) is 0.455. The molecular weight excluding hydrogens is 198 g/mol. The van der Waals surface area contributed by atoms with Crippen LogP contribution < -0.4 is 0 Å². The highest BCUT2D eigenvalue weighted by atomic mass is 35.5. The van der Waals surface area contributed by atoms with Crippen molar-refractivity contribution in [3.05, 3.63) is 34.9 Å². The first-order valence-electron chi connectivity index (χ1n) is 4.69. The van der Waals surface area contributed by atoms with Gasteiger partial charge in [-0.15, -0.1) is 0 Å². The molecule has 0 bridgehead atoms. The Morgan fingerprint density at radius 3 is 2.43 bits per heavy atom. The van der Waals surface area contributed by atoms with Crippen molar-refractivity contribution < 1.29 is 5.11 Å². The number of hydrogen-bond donors (Lipinski definition) is 1. The summed E-state index contributed by atoms with van der Waals surface area (Å²) in [5.41, 5.74) is 1.21. The highest BCUT2D eigenvalue weighted by molar-refractivity contribution is 6.30. The molecule has 0 aromatic heterocycles. The van der Waals surface area contributed by atoms with Crippen LogP contribution in [0, 0.1) is 0 Å². The lowest BCUT2D eigenvalue weighted by Crippen LogP contribution is -2.26. The summed E-state index contributed by atoms with van der Waals surface area (Å²) in [6.45, 7) is 3.31. The largest absolute Gasteiger partial charge is 0.392 e. The van der Waals surface area contributed by atoms with E-state index in [4.69, 9.17) is 11.6 Å². The number of likely N-dealkylation sites (N-methyl/N-ethyl adjacent to an activating group) is 1. The molecule has 0 aliphatic heterocycles. The van der Waals surface area contributed by atoms with Crippen molar-refractivity contribution in [2.75, 3.05) is 13.6 Å². The van der Waals surface area contributed by atoms with E-state index in [1.165, 1.54) is 5.56 Å². The van der Waals surface area contributed by atoms with Gasteiger partial charge in [0.25, 0.3) is 0 Å². The summed E-state index contributed by atoms with van der Waals surface area (Å²) in [6, 6.07) is 7.77. The minimum Gasteiger partial charge on any atom is -0.392 e. The predicted octanol–water partition coefficient (Wildman–Crippen LogP) is 2.15. The molecule has 1 N–H and O–H groups in total. The molecule has 0 radical (unpaired) electrons. The van der Waals surface area contributed by atoms with E-state index in [1.807, 2.05) is 31.3 Å². The molecule has 3 heteroatoms. The Balaban J connectivity index is 2.47.